The molecule has 0 spiro atoms. The van der Waals surface area contributed by atoms with E-state index in [4.69, 9.17) is 0 Å². The Bertz CT molecular complexity index is 689. The van der Waals surface area contributed by atoms with Gasteiger partial charge in [0.05, 0.1) is 9.75 Å². The van der Waals surface area contributed by atoms with Gasteiger partial charge in [-0.25, -0.2) is 0 Å². The molecule has 0 atom stereocenters. The van der Waals surface area contributed by atoms with Gasteiger partial charge < -0.3 is 0 Å². The van der Waals surface area contributed by atoms with Crippen molar-refractivity contribution < 1.29 is 0 Å². The zero-order chi connectivity index (χ0) is 18.5. The first-order chi connectivity index (χ1) is 12.9. The molecule has 2 heterocycles. The molecule has 0 saturated heterocycles. The Morgan fingerprint density at radius 2 is 1.12 bits per heavy atom. The summed E-state index contributed by atoms with van der Waals surface area (Å²) in [5.41, 5.74) is 2.33. The van der Waals surface area contributed by atoms with Gasteiger partial charge in [-0.15, -0.1) is 22.7 Å². The lowest BCUT2D eigenvalue weighted by Crippen LogP contribution is -1.79. The summed E-state index contributed by atoms with van der Waals surface area (Å²) in [6, 6.07) is 4.31. The molecule has 0 amide bonds. The van der Waals surface area contributed by atoms with E-state index >= 15 is 0 Å². The van der Waals surface area contributed by atoms with E-state index < -0.39 is 0 Å². The molecule has 0 aliphatic carbocycles. The Hall–Kier alpha value is -1.48. The number of thiophene rings is 2. The highest BCUT2D eigenvalue weighted by molar-refractivity contribution is 7.20. The summed E-state index contributed by atoms with van der Waals surface area (Å²) in [6.07, 6.45) is 12.2. The van der Waals surface area contributed by atoms with Gasteiger partial charge in [-0.3, -0.25) is 0 Å². The molecule has 0 aliphatic heterocycles. The minimum absolute atomic E-state index is 1.00. The highest BCUT2D eigenvalue weighted by Gasteiger charge is 2.10. The van der Waals surface area contributed by atoms with Crippen molar-refractivity contribution in [3.8, 4) is 33.4 Å². The minimum Gasteiger partial charge on any atom is -0.142 e. The quantitative estimate of drug-likeness (QED) is 0.303. The fourth-order valence-electron chi connectivity index (χ4n) is 2.76. The first-order valence-electron chi connectivity index (χ1n) is 9.99. The molecule has 26 heavy (non-hydrogen) atoms. The van der Waals surface area contributed by atoms with Gasteiger partial charge in [0.25, 0.3) is 0 Å². The van der Waals surface area contributed by atoms with Crippen molar-refractivity contribution in [1.29, 1.82) is 0 Å². The summed E-state index contributed by atoms with van der Waals surface area (Å²) >= 11 is 3.57. The molecule has 0 saturated carbocycles. The molecular formula is C24H30S2. The van der Waals surface area contributed by atoms with Crippen LogP contribution < -0.4 is 0 Å². The fraction of sp³-hybridized carbons (Fsp3) is 0.500. The molecule has 0 radical (unpaired) electrons. The van der Waals surface area contributed by atoms with Crippen molar-refractivity contribution in [3.05, 3.63) is 34.0 Å². The number of hydrogen-bond acceptors (Lipinski definition) is 2. The molecule has 0 N–H and O–H groups in total. The van der Waals surface area contributed by atoms with Crippen molar-refractivity contribution >= 4 is 22.7 Å². The summed E-state index contributed by atoms with van der Waals surface area (Å²) in [5, 5.41) is 4.30. The van der Waals surface area contributed by atoms with Gasteiger partial charge in [-0.1, -0.05) is 76.1 Å². The second-order valence-corrected chi connectivity index (χ2v) is 8.38. The lowest BCUT2D eigenvalue weighted by molar-refractivity contribution is 0.679. The zero-order valence-electron chi connectivity index (χ0n) is 16.2. The maximum atomic E-state index is 3.40. The zero-order valence-corrected chi connectivity index (χ0v) is 17.8. The third kappa shape index (κ3) is 7.03. The van der Waals surface area contributed by atoms with Crippen LogP contribution in [0.4, 0.5) is 0 Å². The maximum Gasteiger partial charge on any atom is 0.0611 e. The lowest BCUT2D eigenvalue weighted by Gasteiger charge is -1.97. The van der Waals surface area contributed by atoms with Crippen LogP contribution in [0.3, 0.4) is 0 Å². The van der Waals surface area contributed by atoms with Crippen LogP contribution in [-0.4, -0.2) is 0 Å². The van der Waals surface area contributed by atoms with E-state index in [-0.39, 0.29) is 0 Å². The van der Waals surface area contributed by atoms with Crippen LogP contribution in [0.5, 0.6) is 0 Å². The number of rotatable bonds is 9. The first kappa shape index (κ1) is 20.8. The summed E-state index contributed by atoms with van der Waals surface area (Å²) in [5.74, 6) is 13.5. The van der Waals surface area contributed by atoms with E-state index in [0.29, 0.717) is 0 Å². The highest BCUT2D eigenvalue weighted by Crippen LogP contribution is 2.35. The molecule has 0 aliphatic rings. The first-order valence-corrected chi connectivity index (χ1v) is 11.8. The van der Waals surface area contributed by atoms with Crippen LogP contribution in [0.1, 0.15) is 89.2 Å². The van der Waals surface area contributed by atoms with Crippen LogP contribution in [0, 0.1) is 23.7 Å². The van der Waals surface area contributed by atoms with E-state index in [0.717, 1.165) is 12.8 Å². The topological polar surface area (TPSA) is 0 Å². The molecule has 2 rings (SSSR count). The summed E-state index contributed by atoms with van der Waals surface area (Å²) in [6.45, 7) is 4.49. The van der Waals surface area contributed by atoms with Gasteiger partial charge in [0, 0.05) is 24.0 Å². The summed E-state index contributed by atoms with van der Waals surface area (Å²) in [7, 11) is 0. The second kappa shape index (κ2) is 12.8. The van der Waals surface area contributed by atoms with Gasteiger partial charge in [0.15, 0.2) is 0 Å². The Balaban J connectivity index is 1.98. The van der Waals surface area contributed by atoms with E-state index in [9.17, 15) is 0 Å². The van der Waals surface area contributed by atoms with Crippen molar-refractivity contribution in [2.45, 2.75) is 78.1 Å². The summed E-state index contributed by atoms with van der Waals surface area (Å²) < 4.78 is 0. The van der Waals surface area contributed by atoms with Crippen molar-refractivity contribution in [3.63, 3.8) is 0 Å². The van der Waals surface area contributed by atoms with Crippen molar-refractivity contribution in [2.75, 3.05) is 0 Å². The summed E-state index contributed by atoms with van der Waals surface area (Å²) in [4.78, 5) is 2.58. The molecular weight excluding hydrogens is 352 g/mol. The third-order valence-electron chi connectivity index (χ3n) is 4.29. The molecule has 138 valence electrons. The lowest BCUT2D eigenvalue weighted by atomic mass is 10.1. The Morgan fingerprint density at radius 3 is 1.54 bits per heavy atom. The fourth-order valence-corrected chi connectivity index (χ4v) is 4.66. The Kier molecular flexibility index (Phi) is 10.3. The van der Waals surface area contributed by atoms with Crippen molar-refractivity contribution in [2.24, 2.45) is 0 Å². The standard InChI is InChI=1S/C24H30S2/c1-3-5-7-9-11-13-15-21-17-19-25-23(21)24-22(18-20-26-24)16-14-12-10-8-6-4-2/h17-20H,3-12H2,1-2H3. The molecule has 0 unspecified atom stereocenters. The predicted octanol–water partition coefficient (Wildman–Crippen LogP) is 8.12. The number of hydrogen-bond donors (Lipinski definition) is 0. The molecule has 2 heteroatoms. The molecule has 2 aromatic rings. The monoisotopic (exact) mass is 382 g/mol. The van der Waals surface area contributed by atoms with Gasteiger partial charge in [0.2, 0.25) is 0 Å². The van der Waals surface area contributed by atoms with E-state index in [1.807, 2.05) is 0 Å². The predicted molar refractivity (Wildman–Crippen MR) is 119 cm³/mol. The Labute approximate surface area is 168 Å². The maximum absolute atomic E-state index is 3.40. The highest BCUT2D eigenvalue weighted by atomic mass is 32.1. The smallest absolute Gasteiger partial charge is 0.0611 e. The van der Waals surface area contributed by atoms with E-state index in [1.165, 1.54) is 72.2 Å². The molecule has 0 bridgehead atoms. The molecule has 0 nitrogen and oxygen atoms in total. The SMILES string of the molecule is CCCCCCC#Cc1ccsc1-c1sccc1C#CCCCCCC. The average molecular weight is 383 g/mol. The van der Waals surface area contributed by atoms with Crippen LogP contribution >= 0.6 is 22.7 Å². The minimum atomic E-state index is 1.00. The van der Waals surface area contributed by atoms with E-state index in [2.05, 4.69) is 60.4 Å². The largest absolute Gasteiger partial charge is 0.142 e. The van der Waals surface area contributed by atoms with Crippen LogP contribution in [0.2, 0.25) is 0 Å². The molecule has 0 fully saturated rings. The van der Waals surface area contributed by atoms with Gasteiger partial charge in [-0.2, -0.15) is 0 Å². The van der Waals surface area contributed by atoms with Gasteiger partial charge >= 0.3 is 0 Å². The van der Waals surface area contributed by atoms with E-state index in [1.54, 1.807) is 22.7 Å². The van der Waals surface area contributed by atoms with Gasteiger partial charge in [0.1, 0.15) is 0 Å². The average Bonchev–Trinajstić information content (AvgIpc) is 3.29. The van der Waals surface area contributed by atoms with Crippen molar-refractivity contribution in [1.82, 2.24) is 0 Å². The van der Waals surface area contributed by atoms with Gasteiger partial charge in [-0.05, 0) is 35.7 Å². The molecule has 2 aromatic heterocycles. The van der Waals surface area contributed by atoms with Crippen LogP contribution in [-0.2, 0) is 0 Å². The second-order valence-electron chi connectivity index (χ2n) is 6.55. The number of unbranched alkanes of at least 4 members (excludes halogenated alkanes) is 8. The van der Waals surface area contributed by atoms with Crippen LogP contribution in [0.25, 0.3) is 9.75 Å². The molecule has 0 aromatic carbocycles. The Morgan fingerprint density at radius 1 is 0.654 bits per heavy atom. The normalized spacial score (nSPS) is 10.1. The van der Waals surface area contributed by atoms with Crippen LogP contribution in [0.15, 0.2) is 22.9 Å². The third-order valence-corrected chi connectivity index (χ3v) is 6.29.